The molecule has 0 aromatic heterocycles. The zero-order chi connectivity index (χ0) is 8.20. The molecule has 0 saturated carbocycles. The number of terminal acetylenes is 1. The van der Waals surface area contributed by atoms with Gasteiger partial charge in [0.05, 0.1) is 6.61 Å². The van der Waals surface area contributed by atoms with Gasteiger partial charge in [-0.15, -0.1) is 6.42 Å². The van der Waals surface area contributed by atoms with Crippen LogP contribution in [0.3, 0.4) is 0 Å². The van der Waals surface area contributed by atoms with Gasteiger partial charge in [0.15, 0.2) is 5.60 Å². The minimum absolute atomic E-state index is 0.591. The molecular weight excluding hydrogens is 132 g/mol. The molecule has 0 heterocycles. The molecule has 3 N–H and O–H groups in total. The molecule has 3 nitrogen and oxygen atoms in total. The Morgan fingerprint density at radius 2 is 2.30 bits per heavy atom. The van der Waals surface area contributed by atoms with Gasteiger partial charge < -0.3 is 15.3 Å². The van der Waals surface area contributed by atoms with Crippen LogP contribution in [0, 0.1) is 12.3 Å². The fourth-order valence-corrected chi connectivity index (χ4v) is 0.430. The molecule has 0 aliphatic heterocycles. The van der Waals surface area contributed by atoms with Crippen LogP contribution in [0.4, 0.5) is 0 Å². The summed E-state index contributed by atoms with van der Waals surface area (Å²) in [7, 11) is 0. The van der Waals surface area contributed by atoms with Gasteiger partial charge in [-0.1, -0.05) is 12.5 Å². The number of hydrogen-bond donors (Lipinski definition) is 3. The maximum atomic E-state index is 9.13. The lowest BCUT2D eigenvalue weighted by Gasteiger charge is -2.21. The third kappa shape index (κ3) is 1.58. The molecular formula is C7H10O3. The van der Waals surface area contributed by atoms with E-state index in [1.165, 1.54) is 0 Å². The topological polar surface area (TPSA) is 60.7 Å². The molecule has 0 fully saturated rings. The molecule has 0 aliphatic rings. The van der Waals surface area contributed by atoms with Crippen molar-refractivity contribution in [1.82, 2.24) is 0 Å². The Labute approximate surface area is 59.6 Å². The van der Waals surface area contributed by atoms with Crippen molar-refractivity contribution in [2.45, 2.75) is 11.7 Å². The van der Waals surface area contributed by atoms with E-state index in [9.17, 15) is 0 Å². The van der Waals surface area contributed by atoms with Gasteiger partial charge in [-0.3, -0.25) is 0 Å². The van der Waals surface area contributed by atoms with Crippen LogP contribution in [0.5, 0.6) is 0 Å². The summed E-state index contributed by atoms with van der Waals surface area (Å²) in [5.74, 6) is 1.91. The van der Waals surface area contributed by atoms with Crippen LogP contribution in [-0.4, -0.2) is 33.6 Å². The lowest BCUT2D eigenvalue weighted by molar-refractivity contribution is -0.0287. The van der Waals surface area contributed by atoms with Crippen LogP contribution < -0.4 is 0 Å². The monoisotopic (exact) mass is 142 g/mol. The van der Waals surface area contributed by atoms with E-state index >= 15 is 0 Å². The van der Waals surface area contributed by atoms with Crippen LogP contribution in [0.15, 0.2) is 12.7 Å². The Balaban J connectivity index is 4.35. The van der Waals surface area contributed by atoms with Crippen molar-refractivity contribution in [3.8, 4) is 12.3 Å². The van der Waals surface area contributed by atoms with Crippen LogP contribution in [0.2, 0.25) is 0 Å². The minimum Gasteiger partial charge on any atom is -0.394 e. The summed E-state index contributed by atoms with van der Waals surface area (Å²) in [4.78, 5) is 0. The van der Waals surface area contributed by atoms with E-state index in [1.807, 2.05) is 5.92 Å². The fourth-order valence-electron chi connectivity index (χ4n) is 0.430. The van der Waals surface area contributed by atoms with E-state index in [-0.39, 0.29) is 0 Å². The average Bonchev–Trinajstić information content (AvgIpc) is 2.01. The third-order valence-corrected chi connectivity index (χ3v) is 1.22. The standard InChI is InChI=1S/C7H10O3/c1-3-7(10,4-2)6(9)5-8/h1,4,6,8-10H,2,5H2. The lowest BCUT2D eigenvalue weighted by Crippen LogP contribution is -2.41. The van der Waals surface area contributed by atoms with Gasteiger partial charge >= 0.3 is 0 Å². The van der Waals surface area contributed by atoms with Crippen molar-refractivity contribution in [1.29, 1.82) is 0 Å². The zero-order valence-electron chi connectivity index (χ0n) is 5.49. The van der Waals surface area contributed by atoms with Gasteiger partial charge in [-0.2, -0.15) is 0 Å². The van der Waals surface area contributed by atoms with Crippen LogP contribution in [-0.2, 0) is 0 Å². The number of aliphatic hydroxyl groups is 3. The second kappa shape index (κ2) is 3.37. The molecule has 0 saturated heterocycles. The van der Waals surface area contributed by atoms with Gasteiger partial charge in [0.1, 0.15) is 6.10 Å². The van der Waals surface area contributed by atoms with Crippen molar-refractivity contribution in [3.05, 3.63) is 12.7 Å². The first-order valence-electron chi connectivity index (χ1n) is 2.73. The summed E-state index contributed by atoms with van der Waals surface area (Å²) < 4.78 is 0. The average molecular weight is 142 g/mol. The highest BCUT2D eigenvalue weighted by Crippen LogP contribution is 2.09. The molecule has 0 bridgehead atoms. The number of aliphatic hydroxyl groups excluding tert-OH is 2. The third-order valence-electron chi connectivity index (χ3n) is 1.22. The second-order valence-corrected chi connectivity index (χ2v) is 1.87. The molecule has 0 spiro atoms. The van der Waals surface area contributed by atoms with Crippen LogP contribution >= 0.6 is 0 Å². The molecule has 0 amide bonds. The molecule has 2 unspecified atom stereocenters. The van der Waals surface area contributed by atoms with Crippen LogP contribution in [0.25, 0.3) is 0 Å². The first kappa shape index (κ1) is 9.18. The predicted molar refractivity (Wildman–Crippen MR) is 37.1 cm³/mol. The van der Waals surface area contributed by atoms with E-state index in [4.69, 9.17) is 21.7 Å². The van der Waals surface area contributed by atoms with Gasteiger partial charge in [-0.05, 0) is 6.08 Å². The normalized spacial score (nSPS) is 18.6. The van der Waals surface area contributed by atoms with E-state index in [0.717, 1.165) is 6.08 Å². The zero-order valence-corrected chi connectivity index (χ0v) is 5.49. The van der Waals surface area contributed by atoms with E-state index < -0.39 is 18.3 Å². The van der Waals surface area contributed by atoms with Gasteiger partial charge in [-0.25, -0.2) is 0 Å². The maximum Gasteiger partial charge on any atom is 0.171 e. The Morgan fingerprint density at radius 3 is 2.40 bits per heavy atom. The van der Waals surface area contributed by atoms with Gasteiger partial charge in [0.25, 0.3) is 0 Å². The quantitative estimate of drug-likeness (QED) is 0.346. The largest absolute Gasteiger partial charge is 0.394 e. The second-order valence-electron chi connectivity index (χ2n) is 1.87. The smallest absolute Gasteiger partial charge is 0.171 e. The van der Waals surface area contributed by atoms with Crippen molar-refractivity contribution in [2.75, 3.05) is 6.61 Å². The van der Waals surface area contributed by atoms with Crippen molar-refractivity contribution in [2.24, 2.45) is 0 Å². The Hall–Kier alpha value is -0.820. The number of rotatable bonds is 3. The molecule has 0 aromatic rings. The first-order chi connectivity index (χ1) is 4.60. The SMILES string of the molecule is C#CC(O)(C=C)C(O)CO. The van der Waals surface area contributed by atoms with Crippen molar-refractivity contribution >= 4 is 0 Å². The maximum absolute atomic E-state index is 9.13. The summed E-state index contributed by atoms with van der Waals surface area (Å²) in [5, 5.41) is 26.4. The van der Waals surface area contributed by atoms with Crippen LogP contribution in [0.1, 0.15) is 0 Å². The molecule has 2 atom stereocenters. The van der Waals surface area contributed by atoms with E-state index in [2.05, 4.69) is 6.58 Å². The summed E-state index contributed by atoms with van der Waals surface area (Å²) in [6.07, 6.45) is 4.49. The highest BCUT2D eigenvalue weighted by molar-refractivity contribution is 5.20. The minimum atomic E-state index is -1.81. The summed E-state index contributed by atoms with van der Waals surface area (Å²) in [6.45, 7) is 2.62. The highest BCUT2D eigenvalue weighted by Gasteiger charge is 2.28. The molecule has 0 rings (SSSR count). The van der Waals surface area contributed by atoms with Crippen molar-refractivity contribution in [3.63, 3.8) is 0 Å². The molecule has 3 heteroatoms. The lowest BCUT2D eigenvalue weighted by atomic mass is 9.99. The fraction of sp³-hybridized carbons (Fsp3) is 0.429. The van der Waals surface area contributed by atoms with Gasteiger partial charge in [0, 0.05) is 0 Å². The summed E-state index contributed by atoms with van der Waals surface area (Å²) >= 11 is 0. The molecule has 0 aliphatic carbocycles. The highest BCUT2D eigenvalue weighted by atomic mass is 16.4. The Kier molecular flexibility index (Phi) is 3.10. The van der Waals surface area contributed by atoms with Crippen molar-refractivity contribution < 1.29 is 15.3 Å². The molecule has 56 valence electrons. The summed E-state index contributed by atoms with van der Waals surface area (Å²) in [6, 6.07) is 0. The van der Waals surface area contributed by atoms with E-state index in [1.54, 1.807) is 0 Å². The Bertz CT molecular complexity index is 159. The molecule has 0 radical (unpaired) electrons. The summed E-state index contributed by atoms with van der Waals surface area (Å²) in [5.41, 5.74) is -1.81. The van der Waals surface area contributed by atoms with E-state index in [0.29, 0.717) is 0 Å². The molecule has 10 heavy (non-hydrogen) atoms. The predicted octanol–water partition coefficient (Wildman–Crippen LogP) is -1.11. The first-order valence-corrected chi connectivity index (χ1v) is 2.73. The number of hydrogen-bond acceptors (Lipinski definition) is 3. The van der Waals surface area contributed by atoms with Gasteiger partial charge in [0.2, 0.25) is 0 Å². The Morgan fingerprint density at radius 1 is 1.80 bits per heavy atom. The molecule has 0 aromatic carbocycles.